The lowest BCUT2D eigenvalue weighted by Crippen LogP contribution is -2.05. The molecule has 1 aromatic rings. The van der Waals surface area contributed by atoms with Crippen LogP contribution in [-0.4, -0.2) is 26.0 Å². The molecule has 0 unspecified atom stereocenters. The van der Waals surface area contributed by atoms with Crippen LogP contribution in [0.25, 0.3) is 0 Å². The van der Waals surface area contributed by atoms with E-state index in [2.05, 4.69) is 4.74 Å². The molecule has 0 atom stereocenters. The van der Waals surface area contributed by atoms with Crippen LogP contribution in [-0.2, 0) is 9.53 Å². The van der Waals surface area contributed by atoms with Crippen molar-refractivity contribution in [2.75, 3.05) is 13.7 Å². The van der Waals surface area contributed by atoms with Crippen LogP contribution in [0.4, 0.5) is 0 Å². The summed E-state index contributed by atoms with van der Waals surface area (Å²) in [6, 6.07) is 4.98. The zero-order valence-electron chi connectivity index (χ0n) is 9.44. The predicted molar refractivity (Wildman–Crippen MR) is 63.6 cm³/mol. The first-order chi connectivity index (χ1) is 8.19. The van der Waals surface area contributed by atoms with Crippen molar-refractivity contribution in [3.05, 3.63) is 28.8 Å². The Morgan fingerprint density at radius 1 is 1.47 bits per heavy atom. The average molecular weight is 257 g/mol. The Morgan fingerprint density at radius 2 is 2.24 bits per heavy atom. The largest absolute Gasteiger partial charge is 0.493 e. The van der Waals surface area contributed by atoms with Crippen molar-refractivity contribution in [2.24, 2.45) is 0 Å². The SMILES string of the molecule is COC(=O)CCCOc1cccc(Cl)c1C=O. The van der Waals surface area contributed by atoms with Crippen molar-refractivity contribution in [1.82, 2.24) is 0 Å². The molecule has 0 saturated heterocycles. The fourth-order valence-corrected chi connectivity index (χ4v) is 1.47. The fraction of sp³-hybridized carbons (Fsp3) is 0.333. The number of hydrogen-bond acceptors (Lipinski definition) is 4. The number of carbonyl (C=O) groups excluding carboxylic acids is 2. The smallest absolute Gasteiger partial charge is 0.305 e. The lowest BCUT2D eigenvalue weighted by molar-refractivity contribution is -0.140. The number of ether oxygens (including phenoxy) is 2. The van der Waals surface area contributed by atoms with Crippen LogP contribution in [0, 0.1) is 0 Å². The van der Waals surface area contributed by atoms with Crippen molar-refractivity contribution in [2.45, 2.75) is 12.8 Å². The van der Waals surface area contributed by atoms with Gasteiger partial charge in [-0.2, -0.15) is 0 Å². The summed E-state index contributed by atoms with van der Waals surface area (Å²) in [5.74, 6) is 0.146. The Hall–Kier alpha value is -1.55. The van der Waals surface area contributed by atoms with Crippen LogP contribution < -0.4 is 4.74 Å². The van der Waals surface area contributed by atoms with E-state index in [4.69, 9.17) is 16.3 Å². The summed E-state index contributed by atoms with van der Waals surface area (Å²) in [6.45, 7) is 0.330. The Bertz CT molecular complexity index is 403. The zero-order valence-corrected chi connectivity index (χ0v) is 10.2. The van der Waals surface area contributed by atoms with Gasteiger partial charge in [0.1, 0.15) is 5.75 Å². The second kappa shape index (κ2) is 6.91. The van der Waals surface area contributed by atoms with Gasteiger partial charge in [0.15, 0.2) is 6.29 Å². The van der Waals surface area contributed by atoms with Gasteiger partial charge in [0.25, 0.3) is 0 Å². The van der Waals surface area contributed by atoms with E-state index in [9.17, 15) is 9.59 Å². The quantitative estimate of drug-likeness (QED) is 0.446. The number of carbonyl (C=O) groups is 2. The number of rotatable bonds is 6. The molecular formula is C12H13ClO4. The molecular weight excluding hydrogens is 244 g/mol. The van der Waals surface area contributed by atoms with Gasteiger partial charge in [0, 0.05) is 6.42 Å². The van der Waals surface area contributed by atoms with E-state index in [0.29, 0.717) is 35.6 Å². The molecule has 0 saturated carbocycles. The summed E-state index contributed by atoms with van der Waals surface area (Å²) in [5, 5.41) is 0.352. The summed E-state index contributed by atoms with van der Waals surface area (Å²) in [7, 11) is 1.34. The molecule has 0 spiro atoms. The van der Waals surface area contributed by atoms with Gasteiger partial charge in [-0.15, -0.1) is 0 Å². The zero-order chi connectivity index (χ0) is 12.7. The first kappa shape index (κ1) is 13.5. The van der Waals surface area contributed by atoms with Gasteiger partial charge < -0.3 is 9.47 Å². The van der Waals surface area contributed by atoms with Gasteiger partial charge in [-0.05, 0) is 18.6 Å². The lowest BCUT2D eigenvalue weighted by atomic mass is 10.2. The second-order valence-corrected chi connectivity index (χ2v) is 3.70. The van der Waals surface area contributed by atoms with Crippen molar-refractivity contribution < 1.29 is 19.1 Å². The van der Waals surface area contributed by atoms with Crippen molar-refractivity contribution in [3.8, 4) is 5.75 Å². The third-order valence-electron chi connectivity index (χ3n) is 2.14. The molecule has 0 amide bonds. The van der Waals surface area contributed by atoms with E-state index >= 15 is 0 Å². The number of hydrogen-bond donors (Lipinski definition) is 0. The Labute approximate surface area is 104 Å². The van der Waals surface area contributed by atoms with Crippen LogP contribution >= 0.6 is 11.6 Å². The van der Waals surface area contributed by atoms with Crippen molar-refractivity contribution in [3.63, 3.8) is 0 Å². The summed E-state index contributed by atoms with van der Waals surface area (Å²) in [4.78, 5) is 21.6. The molecule has 5 heteroatoms. The van der Waals surface area contributed by atoms with Gasteiger partial charge >= 0.3 is 5.97 Å². The van der Waals surface area contributed by atoms with E-state index in [1.54, 1.807) is 18.2 Å². The van der Waals surface area contributed by atoms with Gasteiger partial charge in [0.05, 0.1) is 24.3 Å². The summed E-state index contributed by atoms with van der Waals surface area (Å²) < 4.78 is 9.88. The van der Waals surface area contributed by atoms with Crippen LogP contribution in [0.1, 0.15) is 23.2 Å². The number of halogens is 1. The molecule has 0 bridgehead atoms. The molecule has 92 valence electrons. The monoisotopic (exact) mass is 256 g/mol. The Kier molecular flexibility index (Phi) is 5.49. The molecule has 0 fully saturated rings. The highest BCUT2D eigenvalue weighted by Crippen LogP contribution is 2.24. The molecule has 4 nitrogen and oxygen atoms in total. The van der Waals surface area contributed by atoms with Gasteiger partial charge in [-0.25, -0.2) is 0 Å². The highest BCUT2D eigenvalue weighted by molar-refractivity contribution is 6.33. The first-order valence-electron chi connectivity index (χ1n) is 5.12. The summed E-state index contributed by atoms with van der Waals surface area (Å²) >= 11 is 5.83. The van der Waals surface area contributed by atoms with Gasteiger partial charge in [0.2, 0.25) is 0 Å². The predicted octanol–water partition coefficient (Wildman–Crippen LogP) is 2.48. The van der Waals surface area contributed by atoms with Crippen molar-refractivity contribution in [1.29, 1.82) is 0 Å². The summed E-state index contributed by atoms with van der Waals surface area (Å²) in [6.07, 6.45) is 1.46. The van der Waals surface area contributed by atoms with Gasteiger partial charge in [-0.1, -0.05) is 17.7 Å². The standard InChI is InChI=1S/C12H13ClO4/c1-16-12(15)6-3-7-17-11-5-2-4-10(13)9(11)8-14/h2,4-5,8H,3,6-7H2,1H3. The third kappa shape index (κ3) is 4.07. The van der Waals surface area contributed by atoms with Crippen molar-refractivity contribution >= 4 is 23.9 Å². The average Bonchev–Trinajstić information content (AvgIpc) is 2.34. The Balaban J connectivity index is 2.49. The summed E-state index contributed by atoms with van der Waals surface area (Å²) in [5.41, 5.74) is 0.326. The second-order valence-electron chi connectivity index (χ2n) is 3.30. The maximum Gasteiger partial charge on any atom is 0.305 e. The number of esters is 1. The maximum atomic E-state index is 10.8. The minimum absolute atomic E-state index is 0.282. The molecule has 0 aliphatic carbocycles. The minimum atomic E-state index is -0.282. The van der Waals surface area contributed by atoms with E-state index in [0.717, 1.165) is 0 Å². The number of benzene rings is 1. The number of aldehydes is 1. The van der Waals surface area contributed by atoms with Crippen LogP contribution in [0.15, 0.2) is 18.2 Å². The highest BCUT2D eigenvalue weighted by atomic mass is 35.5. The van der Waals surface area contributed by atoms with Crippen LogP contribution in [0.5, 0.6) is 5.75 Å². The molecule has 0 aliphatic rings. The molecule has 0 aliphatic heterocycles. The normalized spacial score (nSPS) is 9.76. The highest BCUT2D eigenvalue weighted by Gasteiger charge is 2.07. The molecule has 1 rings (SSSR count). The van der Waals surface area contributed by atoms with Crippen LogP contribution in [0.2, 0.25) is 5.02 Å². The molecule has 1 aromatic carbocycles. The molecule has 17 heavy (non-hydrogen) atoms. The van der Waals surface area contributed by atoms with Crippen LogP contribution in [0.3, 0.4) is 0 Å². The van der Waals surface area contributed by atoms with E-state index < -0.39 is 0 Å². The minimum Gasteiger partial charge on any atom is -0.493 e. The molecule has 0 radical (unpaired) electrons. The molecule has 0 heterocycles. The number of methoxy groups -OCH3 is 1. The first-order valence-corrected chi connectivity index (χ1v) is 5.50. The molecule has 0 N–H and O–H groups in total. The Morgan fingerprint density at radius 3 is 2.88 bits per heavy atom. The lowest BCUT2D eigenvalue weighted by Gasteiger charge is -2.08. The van der Waals surface area contributed by atoms with E-state index in [1.165, 1.54) is 7.11 Å². The third-order valence-corrected chi connectivity index (χ3v) is 2.47. The van der Waals surface area contributed by atoms with E-state index in [-0.39, 0.29) is 12.4 Å². The van der Waals surface area contributed by atoms with Gasteiger partial charge in [-0.3, -0.25) is 9.59 Å². The van der Waals surface area contributed by atoms with E-state index in [1.807, 2.05) is 0 Å². The fourth-order valence-electron chi connectivity index (χ4n) is 1.26. The maximum absolute atomic E-state index is 10.8. The topological polar surface area (TPSA) is 52.6 Å². The molecule has 0 aromatic heterocycles.